The second-order valence-corrected chi connectivity index (χ2v) is 5.09. The van der Waals surface area contributed by atoms with Crippen molar-refractivity contribution >= 4 is 17.3 Å². The summed E-state index contributed by atoms with van der Waals surface area (Å²) in [7, 11) is 1.60. The van der Waals surface area contributed by atoms with Crippen molar-refractivity contribution in [1.29, 1.82) is 0 Å². The molecule has 18 heavy (non-hydrogen) atoms. The summed E-state index contributed by atoms with van der Waals surface area (Å²) in [5.74, 6) is -0.109. The predicted molar refractivity (Wildman–Crippen MR) is 70.2 cm³/mol. The van der Waals surface area contributed by atoms with Gasteiger partial charge in [0.2, 0.25) is 0 Å². The molecule has 1 N–H and O–H groups in total. The number of hydrogen-bond donors (Lipinski definition) is 1. The highest BCUT2D eigenvalue weighted by atomic mass is 32.1. The summed E-state index contributed by atoms with van der Waals surface area (Å²) in [5, 5.41) is 9.77. The Morgan fingerprint density at radius 3 is 2.94 bits per heavy atom. The summed E-state index contributed by atoms with van der Waals surface area (Å²) >= 11 is 1.42. The van der Waals surface area contributed by atoms with Gasteiger partial charge >= 0.3 is 5.97 Å². The van der Waals surface area contributed by atoms with E-state index in [9.17, 15) is 4.79 Å². The van der Waals surface area contributed by atoms with Gasteiger partial charge in [-0.3, -0.25) is 4.79 Å². The first-order valence-electron chi connectivity index (χ1n) is 5.42. The maximum atomic E-state index is 10.8. The molecule has 0 aliphatic carbocycles. The molecule has 1 heterocycles. The van der Waals surface area contributed by atoms with Gasteiger partial charge < -0.3 is 9.84 Å². The van der Waals surface area contributed by atoms with Crippen LogP contribution in [0.1, 0.15) is 9.88 Å². The van der Waals surface area contributed by atoms with Crippen molar-refractivity contribution in [2.75, 3.05) is 7.11 Å². The minimum absolute atomic E-state index is 0.00193. The zero-order valence-corrected chi connectivity index (χ0v) is 11.0. The normalized spacial score (nSPS) is 10.3. The van der Waals surface area contributed by atoms with E-state index in [1.165, 1.54) is 11.3 Å². The highest BCUT2D eigenvalue weighted by Gasteiger charge is 2.14. The van der Waals surface area contributed by atoms with Gasteiger partial charge in [-0.25, -0.2) is 4.98 Å². The lowest BCUT2D eigenvalue weighted by Gasteiger charge is -2.03. The van der Waals surface area contributed by atoms with E-state index < -0.39 is 5.97 Å². The first-order chi connectivity index (χ1) is 8.60. The number of nitrogens with zero attached hydrogens (tertiary/aromatic N) is 1. The van der Waals surface area contributed by atoms with Crippen LogP contribution in [-0.2, 0) is 11.2 Å². The number of thiazole rings is 1. The third-order valence-electron chi connectivity index (χ3n) is 2.46. The average molecular weight is 263 g/mol. The first kappa shape index (κ1) is 12.6. The van der Waals surface area contributed by atoms with Crippen molar-refractivity contribution in [2.45, 2.75) is 13.3 Å². The number of aromatic nitrogens is 1. The zero-order valence-electron chi connectivity index (χ0n) is 10.1. The quantitative estimate of drug-likeness (QED) is 0.921. The third-order valence-corrected chi connectivity index (χ3v) is 3.43. The van der Waals surface area contributed by atoms with Gasteiger partial charge in [0, 0.05) is 10.4 Å². The average Bonchev–Trinajstić information content (AvgIpc) is 2.69. The predicted octanol–water partition coefficient (Wildman–Crippen LogP) is 2.75. The van der Waals surface area contributed by atoms with E-state index in [0.29, 0.717) is 0 Å². The summed E-state index contributed by atoms with van der Waals surface area (Å²) in [5.41, 5.74) is 1.62. The molecule has 94 valence electrons. The maximum Gasteiger partial charge on any atom is 0.308 e. The van der Waals surface area contributed by atoms with Crippen LogP contribution >= 0.6 is 11.3 Å². The second kappa shape index (κ2) is 5.18. The number of carbonyl (C=O) groups is 1. The minimum atomic E-state index is -0.845. The van der Waals surface area contributed by atoms with Crippen LogP contribution in [0.3, 0.4) is 0 Å². The summed E-state index contributed by atoms with van der Waals surface area (Å²) in [6.07, 6.45) is -0.00193. The fourth-order valence-corrected chi connectivity index (χ4v) is 2.67. The summed E-state index contributed by atoms with van der Waals surface area (Å²) < 4.78 is 5.16. The van der Waals surface area contributed by atoms with Gasteiger partial charge in [0.05, 0.1) is 24.2 Å². The fraction of sp³-hybridized carbons (Fsp3) is 0.231. The Bertz CT molecular complexity index is 577. The van der Waals surface area contributed by atoms with Crippen LogP contribution in [0.5, 0.6) is 5.75 Å². The number of carboxylic acids is 1. The molecule has 0 radical (unpaired) electrons. The minimum Gasteiger partial charge on any atom is -0.497 e. The van der Waals surface area contributed by atoms with Gasteiger partial charge in [0.1, 0.15) is 5.75 Å². The smallest absolute Gasteiger partial charge is 0.308 e. The molecule has 0 spiro atoms. The highest BCUT2D eigenvalue weighted by Crippen LogP contribution is 2.30. The maximum absolute atomic E-state index is 10.8. The van der Waals surface area contributed by atoms with Gasteiger partial charge in [-0.15, -0.1) is 11.3 Å². The van der Waals surface area contributed by atoms with Crippen LogP contribution in [0.15, 0.2) is 24.3 Å². The van der Waals surface area contributed by atoms with Gasteiger partial charge in [-0.1, -0.05) is 12.1 Å². The lowest BCUT2D eigenvalue weighted by atomic mass is 10.1. The first-order valence-corrected chi connectivity index (χ1v) is 6.24. The monoisotopic (exact) mass is 263 g/mol. The van der Waals surface area contributed by atoms with E-state index in [1.807, 2.05) is 31.2 Å². The van der Waals surface area contributed by atoms with Crippen LogP contribution in [0.4, 0.5) is 0 Å². The van der Waals surface area contributed by atoms with E-state index in [-0.39, 0.29) is 6.42 Å². The van der Waals surface area contributed by atoms with E-state index in [4.69, 9.17) is 9.84 Å². The molecule has 1 aromatic heterocycles. The van der Waals surface area contributed by atoms with Crippen LogP contribution in [0.2, 0.25) is 0 Å². The number of ether oxygens (including phenoxy) is 1. The number of rotatable bonds is 4. The van der Waals surface area contributed by atoms with E-state index >= 15 is 0 Å². The van der Waals surface area contributed by atoms with E-state index in [1.54, 1.807) is 7.11 Å². The summed E-state index contributed by atoms with van der Waals surface area (Å²) in [4.78, 5) is 16.0. The standard InChI is InChI=1S/C13H13NO3S/c1-8-14-13(11(18-8)7-12(15)16)9-4-3-5-10(6-9)17-2/h3-6H,7H2,1-2H3,(H,15,16). The molecule has 0 aliphatic heterocycles. The molecule has 0 saturated carbocycles. The Kier molecular flexibility index (Phi) is 3.62. The molecule has 0 unspecified atom stereocenters. The van der Waals surface area contributed by atoms with Crippen molar-refractivity contribution in [3.63, 3.8) is 0 Å². The molecule has 2 aromatic rings. The molecule has 0 atom stereocenters. The van der Waals surface area contributed by atoms with Crippen LogP contribution < -0.4 is 4.74 Å². The molecule has 1 aromatic carbocycles. The highest BCUT2D eigenvalue weighted by molar-refractivity contribution is 7.12. The largest absolute Gasteiger partial charge is 0.497 e. The molecule has 0 aliphatic rings. The number of carboxylic acid groups (broad SMARTS) is 1. The van der Waals surface area contributed by atoms with Gasteiger partial charge in [-0.2, -0.15) is 0 Å². The number of aryl methyl sites for hydroxylation is 1. The molecule has 0 fully saturated rings. The molecule has 0 bridgehead atoms. The molecular formula is C13H13NO3S. The third kappa shape index (κ3) is 2.68. The van der Waals surface area contributed by atoms with Gasteiger partial charge in [0.15, 0.2) is 0 Å². The van der Waals surface area contributed by atoms with Crippen LogP contribution in [-0.4, -0.2) is 23.2 Å². The molecular weight excluding hydrogens is 250 g/mol. The lowest BCUT2D eigenvalue weighted by molar-refractivity contribution is -0.136. The molecule has 5 heteroatoms. The lowest BCUT2D eigenvalue weighted by Crippen LogP contribution is -1.99. The van der Waals surface area contributed by atoms with Crippen molar-refractivity contribution in [1.82, 2.24) is 4.98 Å². The van der Waals surface area contributed by atoms with E-state index in [0.717, 1.165) is 26.9 Å². The van der Waals surface area contributed by atoms with Crippen molar-refractivity contribution in [2.24, 2.45) is 0 Å². The topological polar surface area (TPSA) is 59.4 Å². The number of benzene rings is 1. The molecule has 0 saturated heterocycles. The summed E-state index contributed by atoms with van der Waals surface area (Å²) in [6, 6.07) is 7.48. The Morgan fingerprint density at radius 1 is 1.50 bits per heavy atom. The van der Waals surface area contributed by atoms with Crippen LogP contribution in [0, 0.1) is 6.92 Å². The Labute approximate surface area is 109 Å². The van der Waals surface area contributed by atoms with Crippen LogP contribution in [0.25, 0.3) is 11.3 Å². The molecule has 2 rings (SSSR count). The SMILES string of the molecule is COc1cccc(-c2nc(C)sc2CC(=O)O)c1. The Hall–Kier alpha value is -1.88. The van der Waals surface area contributed by atoms with Crippen molar-refractivity contribution in [3.8, 4) is 17.0 Å². The number of methoxy groups -OCH3 is 1. The van der Waals surface area contributed by atoms with Crippen molar-refractivity contribution in [3.05, 3.63) is 34.2 Å². The molecule has 4 nitrogen and oxygen atoms in total. The summed E-state index contributed by atoms with van der Waals surface area (Å²) in [6.45, 7) is 1.87. The van der Waals surface area contributed by atoms with Crippen molar-refractivity contribution < 1.29 is 14.6 Å². The Morgan fingerprint density at radius 2 is 2.28 bits per heavy atom. The molecule has 0 amide bonds. The van der Waals surface area contributed by atoms with Gasteiger partial charge in [-0.05, 0) is 19.1 Å². The number of hydrogen-bond acceptors (Lipinski definition) is 4. The fourth-order valence-electron chi connectivity index (χ4n) is 1.72. The van der Waals surface area contributed by atoms with E-state index in [2.05, 4.69) is 4.98 Å². The number of aliphatic carboxylic acids is 1. The Balaban J connectivity index is 2.45. The van der Waals surface area contributed by atoms with Gasteiger partial charge in [0.25, 0.3) is 0 Å². The second-order valence-electron chi connectivity index (χ2n) is 3.81. The zero-order chi connectivity index (χ0) is 13.1.